The van der Waals surface area contributed by atoms with Gasteiger partial charge in [-0.1, -0.05) is 24.3 Å². The van der Waals surface area contributed by atoms with Crippen LogP contribution in [0, 0.1) is 20.5 Å². The zero-order chi connectivity index (χ0) is 51.2. The van der Waals surface area contributed by atoms with Crippen LogP contribution in [-0.2, 0) is 36.0 Å². The van der Waals surface area contributed by atoms with Gasteiger partial charge in [-0.3, -0.25) is 0 Å². The first-order valence-electron chi connectivity index (χ1n) is 23.5. The molecule has 386 valence electrons. The summed E-state index contributed by atoms with van der Waals surface area (Å²) in [6.07, 6.45) is 6.95. The molecule has 25 heteroatoms. The van der Waals surface area contributed by atoms with Crippen LogP contribution in [0.3, 0.4) is 0 Å². The Bertz CT molecular complexity index is 2250. The second-order valence-corrected chi connectivity index (χ2v) is 15.6. The van der Waals surface area contributed by atoms with E-state index in [2.05, 4.69) is 99.3 Å². The van der Waals surface area contributed by atoms with Crippen LogP contribution in [0.5, 0.6) is 0 Å². The summed E-state index contributed by atoms with van der Waals surface area (Å²) in [6, 6.07) is 22.8. The van der Waals surface area contributed by atoms with E-state index in [1.54, 1.807) is 34.7 Å². The van der Waals surface area contributed by atoms with E-state index in [1.807, 2.05) is 82.6 Å². The molecule has 0 aromatic carbocycles. The second-order valence-electron chi connectivity index (χ2n) is 14.8. The Hall–Kier alpha value is -6.20. The van der Waals surface area contributed by atoms with Gasteiger partial charge in [-0.2, -0.15) is 29.9 Å². The van der Waals surface area contributed by atoms with Gasteiger partial charge in [0.05, 0.1) is 52.9 Å². The molecule has 1 fully saturated rings. The minimum atomic E-state index is 0. The van der Waals surface area contributed by atoms with E-state index in [1.165, 1.54) is 0 Å². The van der Waals surface area contributed by atoms with Gasteiger partial charge in [0.2, 0.25) is 35.7 Å². The average Bonchev–Trinajstić information content (AvgIpc) is 3.41. The van der Waals surface area contributed by atoms with Crippen LogP contribution >= 0.6 is 0 Å². The first kappa shape index (κ1) is 59.4. The molecule has 0 bridgehead atoms. The van der Waals surface area contributed by atoms with Crippen molar-refractivity contribution in [1.82, 2.24) is 49.8 Å². The van der Waals surface area contributed by atoms with Crippen LogP contribution in [0.1, 0.15) is 27.7 Å². The van der Waals surface area contributed by atoms with Gasteiger partial charge in [0.1, 0.15) is 23.3 Å². The summed E-state index contributed by atoms with van der Waals surface area (Å²) in [5.74, 6) is 5.37. The van der Waals surface area contributed by atoms with Crippen molar-refractivity contribution in [2.45, 2.75) is 27.7 Å². The molecule has 1 aliphatic heterocycles. The van der Waals surface area contributed by atoms with Crippen molar-refractivity contribution in [3.8, 4) is 9.94 Å². The van der Waals surface area contributed by atoms with Gasteiger partial charge >= 0.3 is 69.6 Å². The summed E-state index contributed by atoms with van der Waals surface area (Å²) in [5.41, 5.74) is 0. The van der Waals surface area contributed by atoms with Gasteiger partial charge in [0, 0.05) is 77.1 Å². The molecular weight excluding hydrogens is 1110 g/mol. The topological polar surface area (TPSA) is 233 Å². The SMILES string of the molecule is CCN(CC)c1nc(N2CCOCCOCCN(c3nc(N(CC)CC)nc(N(c4ccccn4)c4ccccn4)n3)CCOCCOCC2)nc(N(c2ccccn2)c2ccccn2)n1.N#C[Se-].N#C[Se-].[Fe+2]. The molecule has 7 heterocycles. The van der Waals surface area contributed by atoms with Crippen molar-refractivity contribution in [2.24, 2.45) is 0 Å². The van der Waals surface area contributed by atoms with E-state index in [9.17, 15) is 0 Å². The summed E-state index contributed by atoms with van der Waals surface area (Å²) in [5, 5.41) is 14.5. The minimum Gasteiger partial charge on any atom is 2.00 e. The predicted octanol–water partition coefficient (Wildman–Crippen LogP) is 4.93. The number of anilines is 10. The number of nitrogens with zero attached hydrogens (tertiary/aromatic N) is 18. The molecule has 0 aliphatic carbocycles. The van der Waals surface area contributed by atoms with E-state index in [0.29, 0.717) is 164 Å². The average molecular weight is 1170 g/mol. The summed E-state index contributed by atoms with van der Waals surface area (Å²) in [7, 11) is 0. The van der Waals surface area contributed by atoms with E-state index in [0.717, 1.165) is 0 Å². The van der Waals surface area contributed by atoms with Crippen molar-refractivity contribution in [3.63, 3.8) is 0 Å². The maximum Gasteiger partial charge on any atom is 2.00 e. The Morgan fingerprint density at radius 3 is 0.932 bits per heavy atom. The zero-order valence-electron chi connectivity index (χ0n) is 41.4. The first-order chi connectivity index (χ1) is 35.4. The molecule has 0 N–H and O–H groups in total. The van der Waals surface area contributed by atoms with Gasteiger partial charge in [-0.05, 0) is 76.2 Å². The van der Waals surface area contributed by atoms with Crippen molar-refractivity contribution in [1.29, 1.82) is 10.5 Å². The second kappa shape index (κ2) is 34.3. The molecule has 0 saturated carbocycles. The number of rotatable bonds is 14. The van der Waals surface area contributed by atoms with E-state index >= 15 is 0 Å². The van der Waals surface area contributed by atoms with Gasteiger partial charge < -0.3 is 38.5 Å². The maximum atomic E-state index is 7.26. The normalized spacial score (nSPS) is 13.6. The molecule has 0 atom stereocenters. The summed E-state index contributed by atoms with van der Waals surface area (Å²) in [6.45, 7) is 16.3. The molecule has 0 radical (unpaired) electrons. The minimum absolute atomic E-state index is 0. The fraction of sp³-hybridized carbons (Fsp3) is 0.417. The van der Waals surface area contributed by atoms with E-state index in [-0.39, 0.29) is 17.1 Å². The fourth-order valence-electron chi connectivity index (χ4n) is 7.02. The summed E-state index contributed by atoms with van der Waals surface area (Å²) in [4.78, 5) is 63.8. The molecule has 0 unspecified atom stereocenters. The number of aromatic nitrogens is 10. The third-order valence-electron chi connectivity index (χ3n) is 10.5. The van der Waals surface area contributed by atoms with Crippen LogP contribution < -0.4 is 29.4 Å². The quantitative estimate of drug-likeness (QED) is 0.132. The maximum absolute atomic E-state index is 7.26. The first-order valence-corrected chi connectivity index (χ1v) is 25.2. The Morgan fingerprint density at radius 1 is 0.438 bits per heavy atom. The summed E-state index contributed by atoms with van der Waals surface area (Å²) < 4.78 is 24.7. The third kappa shape index (κ3) is 18.7. The number of ether oxygens (including phenoxy) is 4. The van der Waals surface area contributed by atoms with Crippen molar-refractivity contribution < 1.29 is 36.0 Å². The monoisotopic (exact) mass is 1170 g/mol. The summed E-state index contributed by atoms with van der Waals surface area (Å²) >= 11 is 4.22. The van der Waals surface area contributed by atoms with Crippen molar-refractivity contribution in [2.75, 3.05) is 135 Å². The van der Waals surface area contributed by atoms with Crippen molar-refractivity contribution >= 4 is 91.0 Å². The Kier molecular flexibility index (Phi) is 27.9. The van der Waals surface area contributed by atoms with Crippen LogP contribution in [0.2, 0.25) is 0 Å². The molecule has 22 nitrogen and oxygen atoms in total. The van der Waals surface area contributed by atoms with Crippen molar-refractivity contribution in [3.05, 3.63) is 97.6 Å². The third-order valence-corrected chi connectivity index (χ3v) is 10.5. The van der Waals surface area contributed by atoms with Gasteiger partial charge in [0.25, 0.3) is 0 Å². The van der Waals surface area contributed by atoms with Crippen LogP contribution in [0.4, 0.5) is 59.0 Å². The molecule has 1 aliphatic rings. The standard InChI is InChI=1S/C46H60N16O4.2CHNSe.Fe/c1-5-57(6-2)41-51-43(55-45(53-41)61(37-17-9-13-21-47-37)38-18-10-14-22-48-38)59-25-29-63-33-35-65-31-27-60(28-32-66-36-34-64-30-26-59)44-52-42(58(7-3)8-4)54-46(56-44)62(39-19-11-15-23-49-39)40-20-12-16-24-50-40;2*2-1-3;/h9-24H,5-8,25-36H2,1-4H3;2*3H;/q;;;+2/p-2. The van der Waals surface area contributed by atoms with E-state index in [4.69, 9.17) is 59.4 Å². The largest absolute Gasteiger partial charge is 2.00 e. The smallest absolute Gasteiger partial charge is 2.00 e. The fourth-order valence-corrected chi connectivity index (χ4v) is 7.02. The molecule has 0 amide bonds. The Balaban J connectivity index is 0.00000157. The number of pyridine rings is 4. The predicted molar refractivity (Wildman–Crippen MR) is 278 cm³/mol. The number of nitriles is 2. The molecule has 73 heavy (non-hydrogen) atoms. The number of hydrogen-bond acceptors (Lipinski definition) is 22. The Morgan fingerprint density at radius 2 is 0.699 bits per heavy atom. The van der Waals surface area contributed by atoms with E-state index < -0.39 is 0 Å². The van der Waals surface area contributed by atoms with Gasteiger partial charge in [-0.15, -0.1) is 0 Å². The molecular formula is C48H60FeN18O4Se2. The molecule has 1 saturated heterocycles. The molecule has 7 rings (SSSR count). The van der Waals surface area contributed by atoms with Crippen LogP contribution in [0.15, 0.2) is 97.6 Å². The van der Waals surface area contributed by atoms with Crippen LogP contribution in [-0.4, -0.2) is 187 Å². The molecule has 6 aromatic rings. The van der Waals surface area contributed by atoms with Crippen LogP contribution in [0.25, 0.3) is 0 Å². The molecule has 0 spiro atoms. The Labute approximate surface area is 454 Å². The molecule has 6 aromatic heterocycles. The zero-order valence-corrected chi connectivity index (χ0v) is 45.9. The van der Waals surface area contributed by atoms with Gasteiger partial charge in [0.15, 0.2) is 0 Å². The number of hydrogen-bond donors (Lipinski definition) is 0. The van der Waals surface area contributed by atoms with Gasteiger partial charge in [-0.25, -0.2) is 29.7 Å².